The molecule has 0 aliphatic heterocycles. The molecule has 4 heteroatoms. The van der Waals surface area contributed by atoms with E-state index in [1.54, 1.807) is 11.8 Å². The Morgan fingerprint density at radius 3 is 2.50 bits per heavy atom. The summed E-state index contributed by atoms with van der Waals surface area (Å²) in [5.41, 5.74) is 9.10. The van der Waals surface area contributed by atoms with Crippen molar-refractivity contribution in [2.75, 3.05) is 5.73 Å². The van der Waals surface area contributed by atoms with Crippen LogP contribution in [0.25, 0.3) is 0 Å². The van der Waals surface area contributed by atoms with Gasteiger partial charge in [0, 0.05) is 16.3 Å². The van der Waals surface area contributed by atoms with E-state index >= 15 is 0 Å². The molecule has 0 radical (unpaired) electrons. The second-order valence-corrected chi connectivity index (χ2v) is 5.91. The fourth-order valence-electron chi connectivity index (χ4n) is 1.59. The van der Waals surface area contributed by atoms with Crippen LogP contribution >= 0.6 is 35.0 Å². The summed E-state index contributed by atoms with van der Waals surface area (Å²) in [5.74, 6) is 0.824. The maximum atomic E-state index is 5.98. The maximum absolute atomic E-state index is 5.98. The van der Waals surface area contributed by atoms with Gasteiger partial charge in [0.15, 0.2) is 0 Å². The van der Waals surface area contributed by atoms with E-state index in [1.807, 2.05) is 37.3 Å². The number of thioether (sulfide) groups is 1. The summed E-state index contributed by atoms with van der Waals surface area (Å²) in [7, 11) is 0. The molecule has 0 spiro atoms. The van der Waals surface area contributed by atoms with Crippen LogP contribution in [0.15, 0.2) is 41.3 Å². The molecule has 0 bridgehead atoms. The van der Waals surface area contributed by atoms with Crippen LogP contribution in [0.1, 0.15) is 11.1 Å². The molecule has 0 atom stereocenters. The van der Waals surface area contributed by atoms with Gasteiger partial charge in [-0.25, -0.2) is 0 Å². The Morgan fingerprint density at radius 2 is 1.83 bits per heavy atom. The number of halogens is 2. The van der Waals surface area contributed by atoms with Crippen LogP contribution in [0, 0.1) is 6.92 Å². The number of nitrogens with two attached hydrogens (primary N) is 1. The molecular weight excluding hydrogens is 285 g/mol. The monoisotopic (exact) mass is 297 g/mol. The van der Waals surface area contributed by atoms with Crippen molar-refractivity contribution >= 4 is 40.7 Å². The first-order chi connectivity index (χ1) is 8.56. The van der Waals surface area contributed by atoms with Crippen molar-refractivity contribution in [1.29, 1.82) is 0 Å². The van der Waals surface area contributed by atoms with E-state index in [2.05, 4.69) is 6.07 Å². The first-order valence-corrected chi connectivity index (χ1v) is 7.23. The average molecular weight is 298 g/mol. The number of anilines is 1. The lowest BCUT2D eigenvalue weighted by Gasteiger charge is -2.07. The van der Waals surface area contributed by atoms with Crippen molar-refractivity contribution < 1.29 is 0 Å². The number of rotatable bonds is 3. The summed E-state index contributed by atoms with van der Waals surface area (Å²) in [4.78, 5) is 1.09. The topological polar surface area (TPSA) is 26.0 Å². The second kappa shape index (κ2) is 5.87. The third kappa shape index (κ3) is 3.35. The molecule has 2 aromatic carbocycles. The van der Waals surface area contributed by atoms with Gasteiger partial charge >= 0.3 is 0 Å². The molecule has 2 aromatic rings. The standard InChI is InChI=1S/C14H13Cl2NS/c1-9-2-5-14(13(17)6-9)18-8-10-3-4-11(15)12(16)7-10/h2-7H,8,17H2,1H3. The van der Waals surface area contributed by atoms with E-state index in [0.717, 1.165) is 21.9 Å². The Bertz CT molecular complexity index is 570. The largest absolute Gasteiger partial charge is 0.398 e. The van der Waals surface area contributed by atoms with Crippen LogP contribution in [0.5, 0.6) is 0 Å². The van der Waals surface area contributed by atoms with E-state index < -0.39 is 0 Å². The summed E-state index contributed by atoms with van der Waals surface area (Å²) in [5, 5.41) is 1.17. The number of aryl methyl sites for hydroxylation is 1. The molecule has 2 rings (SSSR count). The van der Waals surface area contributed by atoms with Crippen molar-refractivity contribution in [3.63, 3.8) is 0 Å². The summed E-state index contributed by atoms with van der Waals surface area (Å²) in [6, 6.07) is 11.8. The summed E-state index contributed by atoms with van der Waals surface area (Å²) < 4.78 is 0. The number of nitrogen functional groups attached to an aromatic ring is 1. The highest BCUT2D eigenvalue weighted by molar-refractivity contribution is 7.98. The van der Waals surface area contributed by atoms with E-state index in [9.17, 15) is 0 Å². The van der Waals surface area contributed by atoms with Crippen molar-refractivity contribution in [1.82, 2.24) is 0 Å². The zero-order valence-corrected chi connectivity index (χ0v) is 12.2. The van der Waals surface area contributed by atoms with Gasteiger partial charge in [0.05, 0.1) is 10.0 Å². The Kier molecular flexibility index (Phi) is 4.44. The molecule has 2 N–H and O–H groups in total. The highest BCUT2D eigenvalue weighted by atomic mass is 35.5. The van der Waals surface area contributed by atoms with E-state index in [-0.39, 0.29) is 0 Å². The fraction of sp³-hybridized carbons (Fsp3) is 0.143. The summed E-state index contributed by atoms with van der Waals surface area (Å²) in [6.07, 6.45) is 0. The highest BCUT2D eigenvalue weighted by Crippen LogP contribution is 2.30. The van der Waals surface area contributed by atoms with E-state index in [4.69, 9.17) is 28.9 Å². The van der Waals surface area contributed by atoms with Gasteiger partial charge in [-0.3, -0.25) is 0 Å². The van der Waals surface area contributed by atoms with Gasteiger partial charge in [0.25, 0.3) is 0 Å². The maximum Gasteiger partial charge on any atom is 0.0595 e. The van der Waals surface area contributed by atoms with Crippen LogP contribution in [0.2, 0.25) is 10.0 Å². The molecule has 1 nitrogen and oxygen atoms in total. The molecule has 0 saturated heterocycles. The number of benzene rings is 2. The number of hydrogen-bond acceptors (Lipinski definition) is 2. The second-order valence-electron chi connectivity index (χ2n) is 4.08. The fourth-order valence-corrected chi connectivity index (χ4v) is 2.80. The van der Waals surface area contributed by atoms with Gasteiger partial charge in [-0.15, -0.1) is 11.8 Å². The molecule has 94 valence electrons. The Morgan fingerprint density at radius 1 is 1.06 bits per heavy atom. The molecule has 0 unspecified atom stereocenters. The van der Waals surface area contributed by atoms with Crippen LogP contribution in [-0.2, 0) is 5.75 Å². The van der Waals surface area contributed by atoms with Crippen LogP contribution in [0.3, 0.4) is 0 Å². The lowest BCUT2D eigenvalue weighted by atomic mass is 10.2. The van der Waals surface area contributed by atoms with Gasteiger partial charge in [0.1, 0.15) is 0 Å². The molecule has 0 heterocycles. The average Bonchev–Trinajstić information content (AvgIpc) is 2.32. The smallest absolute Gasteiger partial charge is 0.0595 e. The lowest BCUT2D eigenvalue weighted by Crippen LogP contribution is -1.90. The molecule has 18 heavy (non-hydrogen) atoms. The normalized spacial score (nSPS) is 10.6. The van der Waals surface area contributed by atoms with Crippen LogP contribution in [0.4, 0.5) is 5.69 Å². The molecule has 0 aromatic heterocycles. The van der Waals surface area contributed by atoms with Crippen molar-refractivity contribution in [3.05, 3.63) is 57.6 Å². The van der Waals surface area contributed by atoms with Crippen molar-refractivity contribution in [3.8, 4) is 0 Å². The summed E-state index contributed by atoms with van der Waals surface area (Å²) >= 11 is 13.6. The lowest BCUT2D eigenvalue weighted by molar-refractivity contribution is 1.35. The molecule has 0 fully saturated rings. The van der Waals surface area contributed by atoms with Crippen molar-refractivity contribution in [2.24, 2.45) is 0 Å². The third-order valence-corrected chi connectivity index (χ3v) is 4.44. The van der Waals surface area contributed by atoms with Gasteiger partial charge < -0.3 is 5.73 Å². The van der Waals surface area contributed by atoms with E-state index in [1.165, 1.54) is 5.56 Å². The van der Waals surface area contributed by atoms with Gasteiger partial charge in [-0.1, -0.05) is 35.3 Å². The summed E-state index contributed by atoms with van der Waals surface area (Å²) in [6.45, 7) is 2.03. The Hall–Kier alpha value is -0.830. The predicted octanol–water partition coefficient (Wildman–Crippen LogP) is 5.18. The minimum atomic E-state index is 0.584. The quantitative estimate of drug-likeness (QED) is 0.624. The van der Waals surface area contributed by atoms with Crippen molar-refractivity contribution in [2.45, 2.75) is 17.6 Å². The third-order valence-electron chi connectivity index (χ3n) is 2.54. The zero-order chi connectivity index (χ0) is 13.1. The molecule has 0 aliphatic rings. The minimum Gasteiger partial charge on any atom is -0.398 e. The molecule has 0 amide bonds. The predicted molar refractivity (Wildman–Crippen MR) is 81.6 cm³/mol. The molecule has 0 saturated carbocycles. The zero-order valence-electron chi connectivity index (χ0n) is 9.91. The Labute approximate surface area is 121 Å². The van der Waals surface area contributed by atoms with Gasteiger partial charge in [0.2, 0.25) is 0 Å². The number of hydrogen-bond donors (Lipinski definition) is 1. The Balaban J connectivity index is 2.09. The highest BCUT2D eigenvalue weighted by Gasteiger charge is 2.03. The SMILES string of the molecule is Cc1ccc(SCc2ccc(Cl)c(Cl)c2)c(N)c1. The minimum absolute atomic E-state index is 0.584. The van der Waals surface area contributed by atoms with E-state index in [0.29, 0.717) is 10.0 Å². The first-order valence-electron chi connectivity index (χ1n) is 5.49. The van der Waals surface area contributed by atoms with Crippen LogP contribution in [-0.4, -0.2) is 0 Å². The first kappa shape index (κ1) is 13.6. The molecular formula is C14H13Cl2NS. The van der Waals surface area contributed by atoms with Crippen LogP contribution < -0.4 is 5.73 Å². The van der Waals surface area contributed by atoms with Gasteiger partial charge in [-0.2, -0.15) is 0 Å². The molecule has 0 aliphatic carbocycles. The van der Waals surface area contributed by atoms with Gasteiger partial charge in [-0.05, 0) is 42.3 Å².